The molecular formula is C9H18N2. The van der Waals surface area contributed by atoms with Gasteiger partial charge < -0.3 is 9.80 Å². The standard InChI is InChI=1S/C9H18N2/c1-10-5-3-8-4-6-11(2)9(8)7-10/h8-9H,3-7H2,1-2H3. The first-order chi connectivity index (χ1) is 5.27. The summed E-state index contributed by atoms with van der Waals surface area (Å²) in [4.78, 5) is 4.99. The molecule has 2 fully saturated rings. The van der Waals surface area contributed by atoms with Crippen LogP contribution in [0.4, 0.5) is 0 Å². The second-order valence-corrected chi connectivity index (χ2v) is 4.15. The average molecular weight is 154 g/mol. The minimum atomic E-state index is 0.869. The highest BCUT2D eigenvalue weighted by Crippen LogP contribution is 2.29. The molecule has 0 aromatic rings. The van der Waals surface area contributed by atoms with Crippen molar-refractivity contribution in [3.05, 3.63) is 0 Å². The van der Waals surface area contributed by atoms with Crippen LogP contribution in [-0.2, 0) is 0 Å². The third-order valence-corrected chi connectivity index (χ3v) is 3.34. The van der Waals surface area contributed by atoms with Gasteiger partial charge in [-0.3, -0.25) is 0 Å². The molecule has 2 aliphatic rings. The summed E-state index contributed by atoms with van der Waals surface area (Å²) in [7, 11) is 4.51. The molecule has 0 bridgehead atoms. The molecule has 2 unspecified atom stereocenters. The second kappa shape index (κ2) is 2.76. The van der Waals surface area contributed by atoms with Crippen LogP contribution in [0.15, 0.2) is 0 Å². The van der Waals surface area contributed by atoms with E-state index in [9.17, 15) is 0 Å². The van der Waals surface area contributed by atoms with Crippen molar-refractivity contribution in [2.45, 2.75) is 18.9 Å². The van der Waals surface area contributed by atoms with Crippen LogP contribution in [0.2, 0.25) is 0 Å². The van der Waals surface area contributed by atoms with Gasteiger partial charge in [0.15, 0.2) is 0 Å². The van der Waals surface area contributed by atoms with Crippen LogP contribution in [0, 0.1) is 5.92 Å². The zero-order valence-corrected chi connectivity index (χ0v) is 7.58. The molecule has 2 aliphatic heterocycles. The van der Waals surface area contributed by atoms with E-state index in [0.717, 1.165) is 12.0 Å². The number of fused-ring (bicyclic) bond motifs is 1. The Morgan fingerprint density at radius 3 is 2.64 bits per heavy atom. The van der Waals surface area contributed by atoms with E-state index in [-0.39, 0.29) is 0 Å². The molecule has 0 amide bonds. The lowest BCUT2D eigenvalue weighted by Gasteiger charge is -2.35. The minimum absolute atomic E-state index is 0.869. The van der Waals surface area contributed by atoms with Crippen molar-refractivity contribution in [2.24, 2.45) is 5.92 Å². The quantitative estimate of drug-likeness (QED) is 0.505. The minimum Gasteiger partial charge on any atom is -0.305 e. The lowest BCUT2D eigenvalue weighted by molar-refractivity contribution is 0.140. The number of nitrogens with zero attached hydrogens (tertiary/aromatic N) is 2. The topological polar surface area (TPSA) is 6.48 Å². The smallest absolute Gasteiger partial charge is 0.0249 e. The van der Waals surface area contributed by atoms with Gasteiger partial charge in [0, 0.05) is 12.6 Å². The van der Waals surface area contributed by atoms with Crippen LogP contribution < -0.4 is 0 Å². The maximum Gasteiger partial charge on any atom is 0.0249 e. The summed E-state index contributed by atoms with van der Waals surface area (Å²) in [5.74, 6) is 1.01. The molecule has 2 rings (SSSR count). The van der Waals surface area contributed by atoms with E-state index >= 15 is 0 Å². The summed E-state index contributed by atoms with van der Waals surface area (Å²) < 4.78 is 0. The van der Waals surface area contributed by atoms with Gasteiger partial charge in [0.1, 0.15) is 0 Å². The van der Waals surface area contributed by atoms with Crippen LogP contribution in [0.25, 0.3) is 0 Å². The zero-order chi connectivity index (χ0) is 7.84. The van der Waals surface area contributed by atoms with Gasteiger partial charge in [-0.15, -0.1) is 0 Å². The van der Waals surface area contributed by atoms with Crippen LogP contribution in [-0.4, -0.2) is 49.6 Å². The molecule has 0 spiro atoms. The first kappa shape index (κ1) is 7.56. The Kier molecular flexibility index (Phi) is 1.90. The SMILES string of the molecule is CN1CCC2CCN(C)C2C1. The van der Waals surface area contributed by atoms with Gasteiger partial charge in [-0.2, -0.15) is 0 Å². The number of piperidine rings is 1. The maximum absolute atomic E-state index is 2.53. The molecule has 0 radical (unpaired) electrons. The van der Waals surface area contributed by atoms with Crippen molar-refractivity contribution >= 4 is 0 Å². The van der Waals surface area contributed by atoms with Gasteiger partial charge in [-0.1, -0.05) is 0 Å². The summed E-state index contributed by atoms with van der Waals surface area (Å²) in [5.41, 5.74) is 0. The normalized spacial score (nSPS) is 40.9. The molecule has 0 N–H and O–H groups in total. The molecule has 2 nitrogen and oxygen atoms in total. The predicted molar refractivity (Wildman–Crippen MR) is 46.6 cm³/mol. The van der Waals surface area contributed by atoms with Crippen LogP contribution in [0.3, 0.4) is 0 Å². The Morgan fingerprint density at radius 1 is 1.09 bits per heavy atom. The highest BCUT2D eigenvalue weighted by Gasteiger charge is 2.34. The summed E-state index contributed by atoms with van der Waals surface area (Å²) in [6.45, 7) is 3.93. The van der Waals surface area contributed by atoms with Gasteiger partial charge in [0.2, 0.25) is 0 Å². The third-order valence-electron chi connectivity index (χ3n) is 3.34. The van der Waals surface area contributed by atoms with E-state index in [4.69, 9.17) is 0 Å². The monoisotopic (exact) mass is 154 g/mol. The van der Waals surface area contributed by atoms with E-state index in [1.54, 1.807) is 0 Å². The fourth-order valence-electron chi connectivity index (χ4n) is 2.51. The lowest BCUT2D eigenvalue weighted by Crippen LogP contribution is -2.45. The summed E-state index contributed by atoms with van der Waals surface area (Å²) in [6, 6.07) is 0.869. The fourth-order valence-corrected chi connectivity index (χ4v) is 2.51. The molecule has 2 saturated heterocycles. The maximum atomic E-state index is 2.53. The van der Waals surface area contributed by atoms with E-state index in [1.165, 1.54) is 32.5 Å². The second-order valence-electron chi connectivity index (χ2n) is 4.15. The highest BCUT2D eigenvalue weighted by molar-refractivity contribution is 4.90. The van der Waals surface area contributed by atoms with Gasteiger partial charge in [-0.05, 0) is 45.9 Å². The molecule has 0 aromatic carbocycles. The largest absolute Gasteiger partial charge is 0.305 e. The Hall–Kier alpha value is -0.0800. The molecule has 0 aliphatic carbocycles. The zero-order valence-electron chi connectivity index (χ0n) is 7.58. The first-order valence-electron chi connectivity index (χ1n) is 4.66. The molecule has 2 atom stereocenters. The van der Waals surface area contributed by atoms with Crippen molar-refractivity contribution in [1.82, 2.24) is 9.80 Å². The first-order valence-corrected chi connectivity index (χ1v) is 4.66. The Morgan fingerprint density at radius 2 is 1.82 bits per heavy atom. The average Bonchev–Trinajstić information content (AvgIpc) is 2.33. The Labute approximate surface area is 69.2 Å². The van der Waals surface area contributed by atoms with Crippen molar-refractivity contribution in [1.29, 1.82) is 0 Å². The van der Waals surface area contributed by atoms with Crippen molar-refractivity contribution in [2.75, 3.05) is 33.7 Å². The summed E-state index contributed by atoms with van der Waals surface area (Å²) >= 11 is 0. The molecule has 2 heteroatoms. The predicted octanol–water partition coefficient (Wildman–Crippen LogP) is 0.642. The molecule has 2 heterocycles. The lowest BCUT2D eigenvalue weighted by atomic mass is 9.93. The number of hydrogen-bond acceptors (Lipinski definition) is 2. The summed E-state index contributed by atoms with van der Waals surface area (Å²) in [6.07, 6.45) is 2.86. The molecule has 0 saturated carbocycles. The van der Waals surface area contributed by atoms with Crippen LogP contribution >= 0.6 is 0 Å². The Bertz CT molecular complexity index is 146. The van der Waals surface area contributed by atoms with Gasteiger partial charge in [0.25, 0.3) is 0 Å². The Balaban J connectivity index is 2.01. The van der Waals surface area contributed by atoms with Crippen LogP contribution in [0.5, 0.6) is 0 Å². The number of likely N-dealkylation sites (N-methyl/N-ethyl adjacent to an activating group) is 2. The highest BCUT2D eigenvalue weighted by atomic mass is 15.2. The fraction of sp³-hybridized carbons (Fsp3) is 1.00. The van der Waals surface area contributed by atoms with E-state index < -0.39 is 0 Å². The van der Waals surface area contributed by atoms with Gasteiger partial charge in [-0.25, -0.2) is 0 Å². The van der Waals surface area contributed by atoms with Gasteiger partial charge >= 0.3 is 0 Å². The van der Waals surface area contributed by atoms with E-state index in [1.807, 2.05) is 0 Å². The molecule has 64 valence electrons. The molecule has 0 aromatic heterocycles. The number of rotatable bonds is 0. The van der Waals surface area contributed by atoms with Gasteiger partial charge in [0.05, 0.1) is 0 Å². The third kappa shape index (κ3) is 1.30. The molecular weight excluding hydrogens is 136 g/mol. The summed E-state index contributed by atoms with van der Waals surface area (Å²) in [5, 5.41) is 0. The van der Waals surface area contributed by atoms with Crippen LogP contribution in [0.1, 0.15) is 12.8 Å². The molecule has 11 heavy (non-hydrogen) atoms. The van der Waals surface area contributed by atoms with E-state index in [2.05, 4.69) is 23.9 Å². The number of hydrogen-bond donors (Lipinski definition) is 0. The van der Waals surface area contributed by atoms with E-state index in [0.29, 0.717) is 0 Å². The number of likely N-dealkylation sites (tertiary alicyclic amines) is 2. The van der Waals surface area contributed by atoms with Crippen molar-refractivity contribution < 1.29 is 0 Å². The van der Waals surface area contributed by atoms with Crippen molar-refractivity contribution in [3.63, 3.8) is 0 Å². The van der Waals surface area contributed by atoms with Crippen molar-refractivity contribution in [3.8, 4) is 0 Å².